The number of carbonyl (C=O) groups is 1. The van der Waals surface area contributed by atoms with E-state index in [1.807, 2.05) is 0 Å². The Bertz CT molecular complexity index is 214. The Labute approximate surface area is 66.5 Å². The minimum atomic E-state index is -0.0833. The number of Topliss-reactive ketones (excluding diaryl/α,β-unsaturated/α-hetero) is 1. The summed E-state index contributed by atoms with van der Waals surface area (Å²) in [5, 5.41) is 3.68. The molecule has 2 aliphatic rings. The van der Waals surface area contributed by atoms with E-state index in [1.165, 1.54) is 0 Å². The number of halogens is 1. The van der Waals surface area contributed by atoms with Gasteiger partial charge in [0.15, 0.2) is 0 Å². The van der Waals surface area contributed by atoms with Crippen LogP contribution in [0.4, 0.5) is 0 Å². The molecule has 0 saturated heterocycles. The number of ketones is 1. The largest absolute Gasteiger partial charge is 0.391 e. The fourth-order valence-electron chi connectivity index (χ4n) is 1.39. The third-order valence-electron chi connectivity index (χ3n) is 1.93. The fourth-order valence-corrected chi connectivity index (χ4v) is 2.02. The zero-order valence-electron chi connectivity index (χ0n) is 5.21. The Morgan fingerprint density at radius 1 is 1.70 bits per heavy atom. The van der Waals surface area contributed by atoms with Gasteiger partial charge in [-0.3, -0.25) is 4.79 Å². The van der Waals surface area contributed by atoms with Gasteiger partial charge in [-0.25, -0.2) is 0 Å². The van der Waals surface area contributed by atoms with Gasteiger partial charge in [0.1, 0.15) is 22.4 Å². The first-order valence-electron chi connectivity index (χ1n) is 3.21. The third-order valence-corrected chi connectivity index (χ3v) is 2.56. The summed E-state index contributed by atoms with van der Waals surface area (Å²) in [4.78, 5) is 16.1. The van der Waals surface area contributed by atoms with Crippen LogP contribution in [0.5, 0.6) is 0 Å². The van der Waals surface area contributed by atoms with Crippen LogP contribution in [-0.4, -0.2) is 16.5 Å². The number of rotatable bonds is 0. The van der Waals surface area contributed by atoms with E-state index >= 15 is 0 Å². The van der Waals surface area contributed by atoms with Crippen molar-refractivity contribution in [3.05, 3.63) is 0 Å². The molecule has 0 spiro atoms. The summed E-state index contributed by atoms with van der Waals surface area (Å²) < 4.78 is 0.667. The van der Waals surface area contributed by atoms with Crippen LogP contribution in [0, 0.1) is 5.92 Å². The highest BCUT2D eigenvalue weighted by atomic mass is 79.9. The molecular weight excluding hydrogens is 198 g/mol. The molecule has 1 saturated carbocycles. The van der Waals surface area contributed by atoms with Gasteiger partial charge < -0.3 is 4.84 Å². The lowest BCUT2D eigenvalue weighted by molar-refractivity contribution is -0.119. The van der Waals surface area contributed by atoms with Crippen LogP contribution in [0.2, 0.25) is 0 Å². The first-order valence-corrected chi connectivity index (χ1v) is 4.00. The molecule has 54 valence electrons. The second kappa shape index (κ2) is 2.05. The first-order chi connectivity index (χ1) is 4.79. The summed E-state index contributed by atoms with van der Waals surface area (Å²) in [6, 6.07) is 0. The van der Waals surface area contributed by atoms with E-state index in [0.29, 0.717) is 11.0 Å². The van der Waals surface area contributed by atoms with E-state index in [9.17, 15) is 4.79 Å². The topological polar surface area (TPSA) is 38.7 Å². The smallest absolute Gasteiger partial charge is 0.146 e. The number of carbonyl (C=O) groups excluding carboxylic acids is 1. The highest BCUT2D eigenvalue weighted by molar-refractivity contribution is 9.18. The first kappa shape index (κ1) is 6.34. The van der Waals surface area contributed by atoms with E-state index in [1.54, 1.807) is 0 Å². The van der Waals surface area contributed by atoms with Gasteiger partial charge in [0.25, 0.3) is 0 Å². The van der Waals surface area contributed by atoms with E-state index < -0.39 is 0 Å². The van der Waals surface area contributed by atoms with Crippen molar-refractivity contribution in [3.8, 4) is 0 Å². The van der Waals surface area contributed by atoms with Gasteiger partial charge >= 0.3 is 0 Å². The lowest BCUT2D eigenvalue weighted by Crippen LogP contribution is -2.19. The highest BCUT2D eigenvalue weighted by Gasteiger charge is 2.43. The van der Waals surface area contributed by atoms with Crippen molar-refractivity contribution in [2.45, 2.75) is 18.9 Å². The zero-order valence-corrected chi connectivity index (χ0v) is 6.80. The molecule has 2 rings (SSSR count). The average Bonchev–Trinajstić information content (AvgIpc) is 2.40. The van der Waals surface area contributed by atoms with Gasteiger partial charge in [-0.15, -0.1) is 0 Å². The van der Waals surface area contributed by atoms with Gasteiger partial charge in [0.05, 0.1) is 0 Å². The highest BCUT2D eigenvalue weighted by Crippen LogP contribution is 2.33. The average molecular weight is 204 g/mol. The molecule has 0 radical (unpaired) electrons. The summed E-state index contributed by atoms with van der Waals surface area (Å²) >= 11 is 3.19. The number of hydrogen-bond acceptors (Lipinski definition) is 3. The van der Waals surface area contributed by atoms with Crippen molar-refractivity contribution < 1.29 is 9.63 Å². The maximum absolute atomic E-state index is 11.1. The molecule has 1 fully saturated rings. The van der Waals surface area contributed by atoms with E-state index in [-0.39, 0.29) is 17.8 Å². The van der Waals surface area contributed by atoms with Crippen LogP contribution in [-0.2, 0) is 9.63 Å². The van der Waals surface area contributed by atoms with Crippen molar-refractivity contribution >= 4 is 26.3 Å². The van der Waals surface area contributed by atoms with Crippen molar-refractivity contribution in [1.82, 2.24) is 0 Å². The van der Waals surface area contributed by atoms with Gasteiger partial charge in [0.2, 0.25) is 0 Å². The summed E-state index contributed by atoms with van der Waals surface area (Å²) in [5.41, 5.74) is 0. The van der Waals surface area contributed by atoms with Crippen LogP contribution >= 0.6 is 15.9 Å². The summed E-state index contributed by atoms with van der Waals surface area (Å²) in [7, 11) is 0. The monoisotopic (exact) mass is 203 g/mol. The van der Waals surface area contributed by atoms with Crippen LogP contribution in [0.1, 0.15) is 12.8 Å². The van der Waals surface area contributed by atoms with Crippen molar-refractivity contribution in [2.24, 2.45) is 11.1 Å². The molecule has 1 aliphatic carbocycles. The maximum Gasteiger partial charge on any atom is 0.146 e. The predicted octanol–water partition coefficient (Wildman–Crippen LogP) is 1.07. The normalized spacial score (nSPS) is 37.3. The van der Waals surface area contributed by atoms with E-state index in [4.69, 9.17) is 4.84 Å². The molecule has 4 heteroatoms. The molecule has 2 atom stereocenters. The minimum Gasteiger partial charge on any atom is -0.391 e. The van der Waals surface area contributed by atoms with Crippen molar-refractivity contribution in [3.63, 3.8) is 0 Å². The second-order valence-electron chi connectivity index (χ2n) is 2.54. The molecule has 3 nitrogen and oxygen atoms in total. The SMILES string of the molecule is O=C1CCC2ON=C(Br)C12. The van der Waals surface area contributed by atoms with E-state index in [0.717, 1.165) is 6.42 Å². The Morgan fingerprint density at radius 3 is 3.20 bits per heavy atom. The number of hydrogen-bond donors (Lipinski definition) is 0. The molecule has 0 amide bonds. The molecule has 0 aromatic heterocycles. The second-order valence-corrected chi connectivity index (χ2v) is 3.35. The van der Waals surface area contributed by atoms with E-state index in [2.05, 4.69) is 21.1 Å². The van der Waals surface area contributed by atoms with Crippen LogP contribution < -0.4 is 0 Å². The lowest BCUT2D eigenvalue weighted by atomic mass is 10.1. The molecule has 0 N–H and O–H groups in total. The van der Waals surface area contributed by atoms with Crippen LogP contribution in [0.15, 0.2) is 5.16 Å². The fraction of sp³-hybridized carbons (Fsp3) is 0.667. The number of nitrogens with zero attached hydrogens (tertiary/aromatic N) is 1. The molecule has 0 aromatic carbocycles. The summed E-state index contributed by atoms with van der Waals surface area (Å²) in [5.74, 6) is 0.165. The quantitative estimate of drug-likeness (QED) is 0.591. The Balaban J connectivity index is 2.27. The third kappa shape index (κ3) is 0.714. The maximum atomic E-state index is 11.1. The minimum absolute atomic E-state index is 0.0295. The van der Waals surface area contributed by atoms with Gasteiger partial charge in [0, 0.05) is 6.42 Å². The number of fused-ring (bicyclic) bond motifs is 1. The zero-order chi connectivity index (χ0) is 7.14. The molecular formula is C6H6BrNO2. The molecule has 1 heterocycles. The Hall–Kier alpha value is -0.380. The molecule has 0 bridgehead atoms. The summed E-state index contributed by atoms with van der Waals surface area (Å²) in [6.07, 6.45) is 1.49. The molecule has 10 heavy (non-hydrogen) atoms. The van der Waals surface area contributed by atoms with Crippen molar-refractivity contribution in [1.29, 1.82) is 0 Å². The Kier molecular flexibility index (Phi) is 1.30. The number of oxime groups is 1. The molecule has 1 aliphatic heterocycles. The Morgan fingerprint density at radius 2 is 2.50 bits per heavy atom. The van der Waals surface area contributed by atoms with Gasteiger partial charge in [-0.1, -0.05) is 5.16 Å². The van der Waals surface area contributed by atoms with Crippen LogP contribution in [0.25, 0.3) is 0 Å². The summed E-state index contributed by atoms with van der Waals surface area (Å²) in [6.45, 7) is 0. The van der Waals surface area contributed by atoms with Gasteiger partial charge in [-0.05, 0) is 22.4 Å². The van der Waals surface area contributed by atoms with Crippen LogP contribution in [0.3, 0.4) is 0 Å². The van der Waals surface area contributed by atoms with Gasteiger partial charge in [-0.2, -0.15) is 0 Å². The predicted molar refractivity (Wildman–Crippen MR) is 39.0 cm³/mol. The lowest BCUT2D eigenvalue weighted by Gasteiger charge is -2.02. The van der Waals surface area contributed by atoms with Crippen molar-refractivity contribution in [2.75, 3.05) is 0 Å². The standard InChI is InChI=1S/C6H6BrNO2/c7-6-5-3(9)1-2-4(5)10-8-6/h4-5H,1-2H2. The molecule has 0 aromatic rings. The molecule has 2 unspecified atom stereocenters.